The van der Waals surface area contributed by atoms with Crippen LogP contribution in [0.4, 0.5) is 5.95 Å². The van der Waals surface area contributed by atoms with Crippen LogP contribution in [0, 0.1) is 0 Å². The standard InChI is InChI=1S/C15H23ClN4/c1-11(2)19(3)8-4-5-9-20-14-7-6-12(16)10-13(14)18-15(20)17/h6-7,10-11H,4-5,8-9H2,1-3H3,(H2,17,18). The highest BCUT2D eigenvalue weighted by molar-refractivity contribution is 6.31. The molecule has 5 heteroatoms. The lowest BCUT2D eigenvalue weighted by Crippen LogP contribution is -2.27. The molecule has 0 unspecified atom stereocenters. The molecule has 0 saturated heterocycles. The summed E-state index contributed by atoms with van der Waals surface area (Å²) in [6.45, 7) is 6.43. The molecule has 4 nitrogen and oxygen atoms in total. The molecule has 0 aliphatic carbocycles. The van der Waals surface area contributed by atoms with Crippen molar-refractivity contribution in [2.45, 2.75) is 39.3 Å². The minimum atomic E-state index is 0.569. The van der Waals surface area contributed by atoms with Crippen LogP contribution < -0.4 is 5.73 Å². The number of fused-ring (bicyclic) bond motifs is 1. The monoisotopic (exact) mass is 294 g/mol. The summed E-state index contributed by atoms with van der Waals surface area (Å²) in [7, 11) is 2.16. The molecule has 0 radical (unpaired) electrons. The summed E-state index contributed by atoms with van der Waals surface area (Å²) in [5.74, 6) is 0.569. The number of nitrogen functional groups attached to an aromatic ring is 1. The molecule has 2 aromatic rings. The van der Waals surface area contributed by atoms with Crippen LogP contribution in [0.3, 0.4) is 0 Å². The predicted octanol–water partition coefficient (Wildman–Crippen LogP) is 3.39. The van der Waals surface area contributed by atoms with E-state index in [2.05, 4.69) is 35.3 Å². The SMILES string of the molecule is CC(C)N(C)CCCCn1c(N)nc2cc(Cl)ccc21. The summed E-state index contributed by atoms with van der Waals surface area (Å²) in [5, 5.41) is 0.695. The highest BCUT2D eigenvalue weighted by Crippen LogP contribution is 2.22. The Hall–Kier alpha value is -1.26. The lowest BCUT2D eigenvalue weighted by Gasteiger charge is -2.20. The Kier molecular flexibility index (Phi) is 4.89. The molecule has 1 heterocycles. The topological polar surface area (TPSA) is 47.1 Å². The maximum Gasteiger partial charge on any atom is 0.201 e. The number of aryl methyl sites for hydroxylation is 1. The molecule has 0 saturated carbocycles. The molecule has 0 aliphatic rings. The third-order valence-electron chi connectivity index (χ3n) is 3.76. The highest BCUT2D eigenvalue weighted by atomic mass is 35.5. The summed E-state index contributed by atoms with van der Waals surface area (Å²) in [6, 6.07) is 6.32. The second kappa shape index (κ2) is 6.46. The molecule has 2 N–H and O–H groups in total. The Morgan fingerprint density at radius 1 is 1.35 bits per heavy atom. The van der Waals surface area contributed by atoms with Crippen molar-refractivity contribution < 1.29 is 0 Å². The first-order valence-electron chi connectivity index (χ1n) is 7.10. The quantitative estimate of drug-likeness (QED) is 0.831. The van der Waals surface area contributed by atoms with Gasteiger partial charge in [0, 0.05) is 17.6 Å². The summed E-state index contributed by atoms with van der Waals surface area (Å²) < 4.78 is 2.07. The van der Waals surface area contributed by atoms with E-state index >= 15 is 0 Å². The Balaban J connectivity index is 1.98. The molecule has 2 rings (SSSR count). The second-order valence-corrected chi connectivity index (χ2v) is 5.97. The molecule has 1 aromatic heterocycles. The van der Waals surface area contributed by atoms with Gasteiger partial charge in [0.15, 0.2) is 0 Å². The zero-order chi connectivity index (χ0) is 14.7. The molecule has 0 spiro atoms. The number of benzene rings is 1. The van der Waals surface area contributed by atoms with Crippen molar-refractivity contribution >= 4 is 28.6 Å². The molecule has 20 heavy (non-hydrogen) atoms. The number of halogens is 1. The number of nitrogens with zero attached hydrogens (tertiary/aromatic N) is 3. The fraction of sp³-hybridized carbons (Fsp3) is 0.533. The van der Waals surface area contributed by atoms with Gasteiger partial charge in [-0.1, -0.05) is 11.6 Å². The maximum absolute atomic E-state index is 5.99. The second-order valence-electron chi connectivity index (χ2n) is 5.54. The average Bonchev–Trinajstić information content (AvgIpc) is 2.69. The fourth-order valence-corrected chi connectivity index (χ4v) is 2.41. The lowest BCUT2D eigenvalue weighted by molar-refractivity contribution is 0.266. The van der Waals surface area contributed by atoms with Crippen molar-refractivity contribution in [1.82, 2.24) is 14.5 Å². The van der Waals surface area contributed by atoms with Crippen molar-refractivity contribution in [1.29, 1.82) is 0 Å². The normalized spacial score (nSPS) is 11.9. The summed E-state index contributed by atoms with van der Waals surface area (Å²) >= 11 is 5.98. The molecule has 0 aliphatic heterocycles. The third kappa shape index (κ3) is 3.44. The lowest BCUT2D eigenvalue weighted by atomic mass is 10.2. The third-order valence-corrected chi connectivity index (χ3v) is 4.00. The molecule has 1 aromatic carbocycles. The zero-order valence-corrected chi connectivity index (χ0v) is 13.2. The van der Waals surface area contributed by atoms with Gasteiger partial charge in [-0.25, -0.2) is 4.98 Å². The van der Waals surface area contributed by atoms with Crippen LogP contribution in [0.2, 0.25) is 5.02 Å². The number of hydrogen-bond donors (Lipinski definition) is 1. The van der Waals surface area contributed by atoms with Crippen LogP contribution in [0.25, 0.3) is 11.0 Å². The number of aromatic nitrogens is 2. The Bertz CT molecular complexity index is 577. The number of imidazole rings is 1. The van der Waals surface area contributed by atoms with Gasteiger partial charge >= 0.3 is 0 Å². The maximum atomic E-state index is 5.99. The molecule has 0 fully saturated rings. The van der Waals surface area contributed by atoms with Gasteiger partial charge in [-0.3, -0.25) is 0 Å². The molecule has 110 valence electrons. The van der Waals surface area contributed by atoms with E-state index in [1.807, 2.05) is 18.2 Å². The minimum Gasteiger partial charge on any atom is -0.369 e. The molecular formula is C15H23ClN4. The van der Waals surface area contributed by atoms with E-state index in [0.29, 0.717) is 17.0 Å². The number of nitrogens with two attached hydrogens (primary N) is 1. The van der Waals surface area contributed by atoms with Gasteiger partial charge in [-0.05, 0) is 58.5 Å². The van der Waals surface area contributed by atoms with E-state index < -0.39 is 0 Å². The van der Waals surface area contributed by atoms with E-state index in [1.54, 1.807) is 0 Å². The van der Waals surface area contributed by atoms with Gasteiger partial charge in [-0.15, -0.1) is 0 Å². The van der Waals surface area contributed by atoms with Gasteiger partial charge in [-0.2, -0.15) is 0 Å². The number of rotatable bonds is 6. The Morgan fingerprint density at radius 2 is 2.10 bits per heavy atom. The summed E-state index contributed by atoms with van der Waals surface area (Å²) in [5.41, 5.74) is 7.92. The summed E-state index contributed by atoms with van der Waals surface area (Å²) in [4.78, 5) is 6.72. The highest BCUT2D eigenvalue weighted by Gasteiger charge is 2.08. The van der Waals surface area contributed by atoms with E-state index in [4.69, 9.17) is 17.3 Å². The van der Waals surface area contributed by atoms with E-state index in [0.717, 1.165) is 37.0 Å². The first-order valence-corrected chi connectivity index (χ1v) is 7.48. The number of unbranched alkanes of at least 4 members (excludes halogenated alkanes) is 1. The van der Waals surface area contributed by atoms with Gasteiger partial charge in [0.25, 0.3) is 0 Å². The van der Waals surface area contributed by atoms with Crippen LogP contribution in [0.5, 0.6) is 0 Å². The zero-order valence-electron chi connectivity index (χ0n) is 12.4. The van der Waals surface area contributed by atoms with Crippen LogP contribution in [0.1, 0.15) is 26.7 Å². The van der Waals surface area contributed by atoms with Gasteiger partial charge < -0.3 is 15.2 Å². The Morgan fingerprint density at radius 3 is 2.80 bits per heavy atom. The van der Waals surface area contributed by atoms with E-state index in [1.165, 1.54) is 0 Å². The first-order chi connectivity index (χ1) is 9.49. The van der Waals surface area contributed by atoms with Gasteiger partial charge in [0.05, 0.1) is 11.0 Å². The van der Waals surface area contributed by atoms with Crippen molar-refractivity contribution in [3.63, 3.8) is 0 Å². The van der Waals surface area contributed by atoms with Crippen LogP contribution in [0.15, 0.2) is 18.2 Å². The Labute approximate surface area is 125 Å². The van der Waals surface area contributed by atoms with Crippen molar-refractivity contribution in [3.8, 4) is 0 Å². The van der Waals surface area contributed by atoms with Gasteiger partial charge in [0.2, 0.25) is 5.95 Å². The van der Waals surface area contributed by atoms with Crippen molar-refractivity contribution in [2.24, 2.45) is 0 Å². The first kappa shape index (κ1) is 15.1. The largest absolute Gasteiger partial charge is 0.369 e. The molecule has 0 bridgehead atoms. The fourth-order valence-electron chi connectivity index (χ4n) is 2.25. The number of hydrogen-bond acceptors (Lipinski definition) is 3. The van der Waals surface area contributed by atoms with E-state index in [9.17, 15) is 0 Å². The van der Waals surface area contributed by atoms with Crippen LogP contribution >= 0.6 is 11.6 Å². The minimum absolute atomic E-state index is 0.569. The summed E-state index contributed by atoms with van der Waals surface area (Å²) in [6.07, 6.45) is 2.25. The number of anilines is 1. The van der Waals surface area contributed by atoms with Crippen molar-refractivity contribution in [2.75, 3.05) is 19.3 Å². The average molecular weight is 295 g/mol. The van der Waals surface area contributed by atoms with Crippen molar-refractivity contribution in [3.05, 3.63) is 23.2 Å². The predicted molar refractivity (Wildman–Crippen MR) is 86.2 cm³/mol. The van der Waals surface area contributed by atoms with Crippen LogP contribution in [-0.2, 0) is 6.54 Å². The smallest absolute Gasteiger partial charge is 0.201 e. The molecule has 0 amide bonds. The van der Waals surface area contributed by atoms with Crippen LogP contribution in [-0.4, -0.2) is 34.1 Å². The molecular weight excluding hydrogens is 272 g/mol. The molecule has 0 atom stereocenters. The van der Waals surface area contributed by atoms with E-state index in [-0.39, 0.29) is 0 Å². The van der Waals surface area contributed by atoms with Gasteiger partial charge in [0.1, 0.15) is 0 Å².